The second kappa shape index (κ2) is 6.01. The average Bonchev–Trinajstić information content (AvgIpc) is 2.58. The number of rotatable bonds is 2. The molecule has 1 saturated carbocycles. The predicted molar refractivity (Wildman–Crippen MR) is 96.6 cm³/mol. The molecule has 2 aromatic rings. The minimum Gasteiger partial charge on any atom is -0.486 e. The van der Waals surface area contributed by atoms with Crippen molar-refractivity contribution in [2.24, 2.45) is 0 Å². The molecule has 1 aliphatic carbocycles. The number of carbonyl (C=O) groups excluding carboxylic acids is 1. The highest BCUT2D eigenvalue weighted by atomic mass is 16.5. The molecule has 1 spiro atoms. The first-order valence-corrected chi connectivity index (χ1v) is 9.35. The van der Waals surface area contributed by atoms with Gasteiger partial charge in [0.25, 0.3) is 0 Å². The van der Waals surface area contributed by atoms with Crippen molar-refractivity contribution >= 4 is 16.8 Å². The highest BCUT2D eigenvalue weighted by molar-refractivity contribution is 6.05. The van der Waals surface area contributed by atoms with Crippen LogP contribution in [0.2, 0.25) is 0 Å². The van der Waals surface area contributed by atoms with Crippen LogP contribution in [0.15, 0.2) is 21.3 Å². The van der Waals surface area contributed by atoms with Gasteiger partial charge < -0.3 is 9.15 Å². The summed E-state index contributed by atoms with van der Waals surface area (Å²) in [5.41, 5.74) is 2.24. The number of ether oxygens (including phenoxy) is 1. The largest absolute Gasteiger partial charge is 0.486 e. The molecular formula is C21H24O4. The average molecular weight is 340 g/mol. The maximum absolute atomic E-state index is 12.9. The third kappa shape index (κ3) is 2.68. The molecule has 0 atom stereocenters. The van der Waals surface area contributed by atoms with Crippen LogP contribution in [0.4, 0.5) is 0 Å². The highest BCUT2D eigenvalue weighted by Crippen LogP contribution is 2.45. The molecule has 4 nitrogen and oxygen atoms in total. The lowest BCUT2D eigenvalue weighted by molar-refractivity contribution is 0.0131. The summed E-state index contributed by atoms with van der Waals surface area (Å²) in [6, 6.07) is 3.43. The standard InChI is InChI=1S/C21H24O4/c1-3-7-14-10-18(23)24-19-13(2)20-16(11-15(14)19)17(22)12-21(25-20)8-5-4-6-9-21/h10-11H,3-9,12H2,1-2H3. The van der Waals surface area contributed by atoms with E-state index < -0.39 is 0 Å². The lowest BCUT2D eigenvalue weighted by Crippen LogP contribution is -2.43. The molecule has 4 heteroatoms. The lowest BCUT2D eigenvalue weighted by atomic mass is 9.78. The number of hydrogen-bond donors (Lipinski definition) is 0. The molecule has 1 aromatic carbocycles. The zero-order valence-electron chi connectivity index (χ0n) is 14.9. The number of carbonyl (C=O) groups is 1. The summed E-state index contributed by atoms with van der Waals surface area (Å²) >= 11 is 0. The fourth-order valence-electron chi connectivity index (χ4n) is 4.43. The summed E-state index contributed by atoms with van der Waals surface area (Å²) in [4.78, 5) is 24.9. The van der Waals surface area contributed by atoms with Gasteiger partial charge in [0, 0.05) is 17.0 Å². The van der Waals surface area contributed by atoms with Crippen molar-refractivity contribution in [2.75, 3.05) is 0 Å². The molecule has 25 heavy (non-hydrogen) atoms. The van der Waals surface area contributed by atoms with Crippen LogP contribution in [0.1, 0.15) is 73.4 Å². The molecule has 0 unspecified atom stereocenters. The molecule has 0 amide bonds. The van der Waals surface area contributed by atoms with Crippen molar-refractivity contribution in [2.45, 2.75) is 70.8 Å². The first-order chi connectivity index (χ1) is 12.0. The Kier molecular flexibility index (Phi) is 3.94. The molecule has 1 aliphatic heterocycles. The van der Waals surface area contributed by atoms with E-state index in [-0.39, 0.29) is 17.0 Å². The van der Waals surface area contributed by atoms with Crippen molar-refractivity contribution in [1.82, 2.24) is 0 Å². The van der Waals surface area contributed by atoms with Crippen LogP contribution < -0.4 is 10.4 Å². The normalized spacial score (nSPS) is 19.0. The SMILES string of the molecule is CCCc1cc(=O)oc2c(C)c3c(cc12)C(=O)CC1(CCCCC1)O3. The third-order valence-electron chi connectivity index (χ3n) is 5.69. The van der Waals surface area contributed by atoms with Crippen molar-refractivity contribution in [3.05, 3.63) is 39.2 Å². The van der Waals surface area contributed by atoms with Crippen LogP contribution in [-0.2, 0) is 6.42 Å². The van der Waals surface area contributed by atoms with Gasteiger partial charge in [-0.25, -0.2) is 4.79 Å². The number of ketones is 1. The molecule has 0 radical (unpaired) electrons. The van der Waals surface area contributed by atoms with Crippen LogP contribution in [0, 0.1) is 6.92 Å². The molecule has 132 valence electrons. The molecule has 4 rings (SSSR count). The number of aryl methyl sites for hydroxylation is 2. The second-order valence-electron chi connectivity index (χ2n) is 7.54. The Balaban J connectivity index is 1.92. The van der Waals surface area contributed by atoms with Gasteiger partial charge in [0.1, 0.15) is 16.9 Å². The van der Waals surface area contributed by atoms with E-state index in [2.05, 4.69) is 6.92 Å². The number of Topliss-reactive ketones (excluding diaryl/α,β-unsaturated/α-hetero) is 1. The van der Waals surface area contributed by atoms with Gasteiger partial charge in [-0.3, -0.25) is 4.79 Å². The van der Waals surface area contributed by atoms with Gasteiger partial charge in [0.2, 0.25) is 0 Å². The summed E-state index contributed by atoms with van der Waals surface area (Å²) in [5, 5.41) is 0.870. The Morgan fingerprint density at radius 3 is 2.60 bits per heavy atom. The minimum absolute atomic E-state index is 0.154. The van der Waals surface area contributed by atoms with E-state index in [0.717, 1.165) is 55.0 Å². The van der Waals surface area contributed by atoms with Gasteiger partial charge in [0.15, 0.2) is 5.78 Å². The van der Waals surface area contributed by atoms with Gasteiger partial charge in [-0.2, -0.15) is 0 Å². The summed E-state index contributed by atoms with van der Waals surface area (Å²) in [7, 11) is 0. The van der Waals surface area contributed by atoms with Crippen LogP contribution in [0.25, 0.3) is 11.0 Å². The maximum Gasteiger partial charge on any atom is 0.336 e. The van der Waals surface area contributed by atoms with E-state index in [1.165, 1.54) is 6.42 Å². The van der Waals surface area contributed by atoms with Crippen LogP contribution in [-0.4, -0.2) is 11.4 Å². The van der Waals surface area contributed by atoms with E-state index in [9.17, 15) is 9.59 Å². The number of fused-ring (bicyclic) bond motifs is 2. The van der Waals surface area contributed by atoms with Crippen molar-refractivity contribution in [3.63, 3.8) is 0 Å². The highest BCUT2D eigenvalue weighted by Gasteiger charge is 2.42. The number of hydrogen-bond acceptors (Lipinski definition) is 4. The summed E-state index contributed by atoms with van der Waals surface area (Å²) < 4.78 is 11.9. The van der Waals surface area contributed by atoms with Gasteiger partial charge in [-0.1, -0.05) is 19.8 Å². The topological polar surface area (TPSA) is 56.5 Å². The molecule has 2 aliphatic rings. The van der Waals surface area contributed by atoms with E-state index >= 15 is 0 Å². The zero-order chi connectivity index (χ0) is 17.6. The van der Waals surface area contributed by atoms with Crippen molar-refractivity contribution in [1.29, 1.82) is 0 Å². The van der Waals surface area contributed by atoms with Crippen molar-refractivity contribution < 1.29 is 13.9 Å². The first-order valence-electron chi connectivity index (χ1n) is 9.35. The molecule has 2 heterocycles. The van der Waals surface area contributed by atoms with E-state index in [0.29, 0.717) is 23.3 Å². The monoisotopic (exact) mass is 340 g/mol. The Bertz CT molecular complexity index is 900. The summed E-state index contributed by atoms with van der Waals surface area (Å²) in [5.74, 6) is 0.782. The van der Waals surface area contributed by atoms with Gasteiger partial charge in [-0.05, 0) is 50.7 Å². The Morgan fingerprint density at radius 2 is 1.88 bits per heavy atom. The van der Waals surface area contributed by atoms with Crippen LogP contribution in [0.3, 0.4) is 0 Å². The van der Waals surface area contributed by atoms with Crippen molar-refractivity contribution in [3.8, 4) is 5.75 Å². The third-order valence-corrected chi connectivity index (χ3v) is 5.69. The minimum atomic E-state index is -0.359. The second-order valence-corrected chi connectivity index (χ2v) is 7.54. The maximum atomic E-state index is 12.9. The molecule has 1 aromatic heterocycles. The molecular weight excluding hydrogens is 316 g/mol. The van der Waals surface area contributed by atoms with E-state index in [1.54, 1.807) is 6.07 Å². The molecule has 0 saturated heterocycles. The van der Waals surface area contributed by atoms with E-state index in [1.807, 2.05) is 13.0 Å². The number of benzene rings is 1. The predicted octanol–water partition coefficient (Wildman–Crippen LogP) is 4.72. The smallest absolute Gasteiger partial charge is 0.336 e. The molecule has 0 N–H and O–H groups in total. The summed E-state index contributed by atoms with van der Waals surface area (Å²) in [6.07, 6.45) is 7.45. The Labute approximate surface area is 147 Å². The fraction of sp³-hybridized carbons (Fsp3) is 0.524. The van der Waals surface area contributed by atoms with Gasteiger partial charge >= 0.3 is 5.63 Å². The molecule has 0 bridgehead atoms. The summed E-state index contributed by atoms with van der Waals surface area (Å²) in [6.45, 7) is 3.97. The molecule has 1 fully saturated rings. The Morgan fingerprint density at radius 1 is 1.12 bits per heavy atom. The quantitative estimate of drug-likeness (QED) is 0.742. The first kappa shape index (κ1) is 16.4. The Hall–Kier alpha value is -2.10. The van der Waals surface area contributed by atoms with E-state index in [4.69, 9.17) is 9.15 Å². The van der Waals surface area contributed by atoms with Crippen LogP contribution in [0.5, 0.6) is 5.75 Å². The lowest BCUT2D eigenvalue weighted by Gasteiger charge is -2.41. The fourth-order valence-corrected chi connectivity index (χ4v) is 4.43. The zero-order valence-corrected chi connectivity index (χ0v) is 14.9. The van der Waals surface area contributed by atoms with Gasteiger partial charge in [-0.15, -0.1) is 0 Å². The van der Waals surface area contributed by atoms with Gasteiger partial charge in [0.05, 0.1) is 12.0 Å². The van der Waals surface area contributed by atoms with Crippen LogP contribution >= 0.6 is 0 Å².